The van der Waals surface area contributed by atoms with E-state index in [1.54, 1.807) is 6.92 Å². The zero-order valence-electron chi connectivity index (χ0n) is 16.1. The molecule has 0 aliphatic rings. The van der Waals surface area contributed by atoms with Crippen LogP contribution in [0.25, 0.3) is 4.98 Å². The molecule has 0 spiro atoms. The van der Waals surface area contributed by atoms with Gasteiger partial charge < -0.3 is 15.2 Å². The molecule has 11 nitrogen and oxygen atoms in total. The maximum Gasteiger partial charge on any atom is 0.451 e. The molecular weight excluding hydrogens is 390 g/mol. The molecule has 2 aromatic carbocycles. The van der Waals surface area contributed by atoms with E-state index >= 15 is 0 Å². The summed E-state index contributed by atoms with van der Waals surface area (Å²) >= 11 is 0. The Balaban J connectivity index is 1.82. The molecular formula is C19H17N7O4. The average molecular weight is 407 g/mol. The smallest absolute Gasteiger partial charge is 0.451 e. The van der Waals surface area contributed by atoms with Gasteiger partial charge in [0.25, 0.3) is 5.69 Å². The predicted molar refractivity (Wildman–Crippen MR) is 107 cm³/mol. The third-order valence-corrected chi connectivity index (χ3v) is 4.12. The van der Waals surface area contributed by atoms with E-state index < -0.39 is 10.9 Å². The van der Waals surface area contributed by atoms with Crippen molar-refractivity contribution in [1.29, 1.82) is 5.39 Å². The normalized spacial score (nSPS) is 11.0. The van der Waals surface area contributed by atoms with E-state index in [9.17, 15) is 15.2 Å². The Morgan fingerprint density at radius 1 is 1.33 bits per heavy atom. The van der Waals surface area contributed by atoms with Crippen LogP contribution in [-0.2, 0) is 13.7 Å². The van der Waals surface area contributed by atoms with E-state index in [0.29, 0.717) is 5.69 Å². The van der Waals surface area contributed by atoms with Crippen molar-refractivity contribution in [1.82, 2.24) is 9.78 Å². The number of diazo groups is 1. The van der Waals surface area contributed by atoms with Crippen LogP contribution in [0.2, 0.25) is 0 Å². The predicted octanol–water partition coefficient (Wildman–Crippen LogP) is 3.16. The number of nitrogens with zero attached hydrogens (tertiary/aromatic N) is 6. The topological polar surface area (TPSA) is 146 Å². The molecule has 0 fully saturated rings. The first-order chi connectivity index (χ1) is 14.4. The molecule has 0 aliphatic carbocycles. The number of rotatable bonds is 6. The number of amidine groups is 1. The molecule has 152 valence electrons. The number of anilines is 1. The summed E-state index contributed by atoms with van der Waals surface area (Å²) in [6.07, 6.45) is 0. The summed E-state index contributed by atoms with van der Waals surface area (Å²) < 4.78 is 6.86. The van der Waals surface area contributed by atoms with Crippen molar-refractivity contribution in [2.75, 3.05) is 5.32 Å². The molecule has 3 aromatic rings. The minimum atomic E-state index is -0.885. The number of aromatic nitrogens is 2. The minimum Gasteiger partial charge on any atom is -0.846 e. The van der Waals surface area contributed by atoms with Gasteiger partial charge in [0.1, 0.15) is 18.0 Å². The first-order valence-electron chi connectivity index (χ1n) is 8.75. The molecule has 1 aromatic heterocycles. The average Bonchev–Trinajstić information content (AvgIpc) is 2.99. The molecule has 3 rings (SSSR count). The van der Waals surface area contributed by atoms with Gasteiger partial charge in [0.2, 0.25) is 11.2 Å². The van der Waals surface area contributed by atoms with Gasteiger partial charge in [-0.3, -0.25) is 10.1 Å². The fraction of sp³-hybridized carbons (Fsp3) is 0.158. The fourth-order valence-corrected chi connectivity index (χ4v) is 2.72. The molecule has 11 heteroatoms. The third-order valence-electron chi connectivity index (χ3n) is 4.12. The second-order valence-corrected chi connectivity index (χ2v) is 6.23. The number of nitro benzene ring substituents is 1. The highest BCUT2D eigenvalue weighted by atomic mass is 16.6. The van der Waals surface area contributed by atoms with Gasteiger partial charge in [-0.15, -0.1) is 0 Å². The summed E-state index contributed by atoms with van der Waals surface area (Å²) in [5.74, 6) is 0.294. The highest BCUT2D eigenvalue weighted by molar-refractivity contribution is 5.91. The number of benzene rings is 2. The number of hydrogen-bond donors (Lipinski definition) is 1. The van der Waals surface area contributed by atoms with Crippen LogP contribution >= 0.6 is 0 Å². The number of aliphatic imine (C=N–C) groups is 1. The highest BCUT2D eigenvalue weighted by Gasteiger charge is 2.24. The maximum absolute atomic E-state index is 12.3. The number of nitro groups is 1. The first kappa shape index (κ1) is 20.3. The SMILES string of the molecule is Cc1nn(C)c(N=C([O-])Nc2ccc(OCc3ccccc3)cc2[N+](=O)[O-])c1[N+]#N. The van der Waals surface area contributed by atoms with Gasteiger partial charge in [0.05, 0.1) is 17.0 Å². The van der Waals surface area contributed by atoms with Crippen LogP contribution in [0.15, 0.2) is 53.5 Å². The van der Waals surface area contributed by atoms with Crippen molar-refractivity contribution in [3.63, 3.8) is 0 Å². The Hall–Kier alpha value is -4.46. The maximum atomic E-state index is 12.3. The van der Waals surface area contributed by atoms with Gasteiger partial charge in [-0.2, -0.15) is 5.10 Å². The number of hydrogen-bond acceptors (Lipinski definition) is 7. The van der Waals surface area contributed by atoms with E-state index in [1.807, 2.05) is 30.3 Å². The van der Waals surface area contributed by atoms with Crippen molar-refractivity contribution < 1.29 is 14.8 Å². The molecule has 0 bridgehead atoms. The molecule has 0 radical (unpaired) electrons. The van der Waals surface area contributed by atoms with E-state index in [2.05, 4.69) is 20.4 Å². The Labute approximate surface area is 171 Å². The monoisotopic (exact) mass is 407 g/mol. The van der Waals surface area contributed by atoms with Crippen LogP contribution in [0.1, 0.15) is 11.3 Å². The van der Waals surface area contributed by atoms with Crippen LogP contribution in [0, 0.1) is 22.4 Å². The second-order valence-electron chi connectivity index (χ2n) is 6.23. The van der Waals surface area contributed by atoms with E-state index in [1.165, 1.54) is 29.9 Å². The molecule has 1 heterocycles. The van der Waals surface area contributed by atoms with Crippen molar-refractivity contribution >= 4 is 28.9 Å². The summed E-state index contributed by atoms with van der Waals surface area (Å²) in [5, 5.41) is 39.2. The molecule has 0 unspecified atom stereocenters. The summed E-state index contributed by atoms with van der Waals surface area (Å²) in [7, 11) is 1.52. The third kappa shape index (κ3) is 4.50. The van der Waals surface area contributed by atoms with E-state index in [4.69, 9.17) is 10.1 Å². The Bertz CT molecular complexity index is 1150. The standard InChI is InChI=1S/C19H17N7O4/c1-12-17(23-20)18(25(2)24-12)22-19(27)21-15-9-8-14(10-16(15)26(28)29)30-11-13-6-4-3-5-7-13/h3-10H,11H2,1-2H3,(H-,21,22,24,27). The Kier molecular flexibility index (Phi) is 5.88. The Morgan fingerprint density at radius 3 is 2.73 bits per heavy atom. The van der Waals surface area contributed by atoms with Crippen LogP contribution in [0.3, 0.4) is 0 Å². The zero-order chi connectivity index (χ0) is 21.7. The summed E-state index contributed by atoms with van der Waals surface area (Å²) in [6.45, 7) is 1.83. The number of ether oxygens (including phenoxy) is 1. The van der Waals surface area contributed by atoms with Gasteiger partial charge in [-0.05, 0) is 24.6 Å². The fourth-order valence-electron chi connectivity index (χ4n) is 2.72. The zero-order valence-corrected chi connectivity index (χ0v) is 16.1. The quantitative estimate of drug-likeness (QED) is 0.217. The van der Waals surface area contributed by atoms with Crippen LogP contribution < -0.4 is 15.2 Å². The Morgan fingerprint density at radius 2 is 2.07 bits per heavy atom. The molecule has 0 atom stereocenters. The van der Waals surface area contributed by atoms with Crippen LogP contribution in [-0.4, -0.2) is 20.7 Å². The largest absolute Gasteiger partial charge is 0.846 e. The van der Waals surface area contributed by atoms with Crippen molar-refractivity contribution in [3.05, 3.63) is 74.9 Å². The van der Waals surface area contributed by atoms with Gasteiger partial charge >= 0.3 is 5.69 Å². The summed E-state index contributed by atoms with van der Waals surface area (Å²) in [4.78, 5) is 17.7. The van der Waals surface area contributed by atoms with E-state index in [-0.39, 0.29) is 35.2 Å². The lowest BCUT2D eigenvalue weighted by atomic mass is 10.2. The van der Waals surface area contributed by atoms with Crippen LogP contribution in [0.5, 0.6) is 5.75 Å². The lowest BCUT2D eigenvalue weighted by molar-refractivity contribution is -0.384. The van der Waals surface area contributed by atoms with Crippen molar-refractivity contribution in [3.8, 4) is 5.75 Å². The van der Waals surface area contributed by atoms with Gasteiger partial charge in [0.15, 0.2) is 10.7 Å². The highest BCUT2D eigenvalue weighted by Crippen LogP contribution is 2.32. The van der Waals surface area contributed by atoms with Gasteiger partial charge in [0, 0.05) is 7.05 Å². The van der Waals surface area contributed by atoms with Crippen molar-refractivity contribution in [2.24, 2.45) is 12.0 Å². The molecule has 30 heavy (non-hydrogen) atoms. The number of aryl methyl sites for hydroxylation is 2. The minimum absolute atomic E-state index is 0.0120. The van der Waals surface area contributed by atoms with Crippen molar-refractivity contribution in [2.45, 2.75) is 13.5 Å². The number of nitrogens with one attached hydrogen (secondary N) is 1. The van der Waals surface area contributed by atoms with Gasteiger partial charge in [-0.1, -0.05) is 30.3 Å². The lowest BCUT2D eigenvalue weighted by Gasteiger charge is -2.14. The summed E-state index contributed by atoms with van der Waals surface area (Å²) in [6, 6.07) is 12.6. The van der Waals surface area contributed by atoms with Gasteiger partial charge in [-0.25, -0.2) is 9.67 Å². The molecule has 1 N–H and O–H groups in total. The molecule has 0 aliphatic heterocycles. The first-order valence-corrected chi connectivity index (χ1v) is 8.75. The van der Waals surface area contributed by atoms with Crippen LogP contribution in [0.4, 0.5) is 22.9 Å². The second kappa shape index (κ2) is 8.70. The molecule has 0 amide bonds. The molecule has 0 saturated heterocycles. The van der Waals surface area contributed by atoms with E-state index in [0.717, 1.165) is 5.56 Å². The summed E-state index contributed by atoms with van der Waals surface area (Å²) in [5.41, 5.74) is 0.914. The molecule has 0 saturated carbocycles. The lowest BCUT2D eigenvalue weighted by Crippen LogP contribution is -2.27.